The van der Waals surface area contributed by atoms with Gasteiger partial charge >= 0.3 is 30.3 Å². The van der Waals surface area contributed by atoms with Crippen LogP contribution in [0.25, 0.3) is 22.0 Å². The minimum atomic E-state index is -5.08. The number of hydrogen-bond donors (Lipinski definition) is 5. The maximum Gasteiger partial charge on any atom is 0.490 e. The standard InChI is InChI=1S/C20H23N3O2.2C2HF3O2/c21-17(8-2-1-3-9-19(24)25)20-22-13-18(23-20)16-11-10-14-6-4-5-7-15(14)12-16;2*3-2(4,5)1(6)7/h4-7,10-13,17H,1-3,8-9,21H2,(H,22,23)(H,24,25);2*(H,6,7)/t17-;;/m0../s1. The minimum absolute atomic E-state index is 0.154. The number of aliphatic carboxylic acids is 3. The molecule has 0 radical (unpaired) electrons. The molecule has 0 bridgehead atoms. The van der Waals surface area contributed by atoms with E-state index in [1.807, 2.05) is 18.3 Å². The van der Waals surface area contributed by atoms with Gasteiger partial charge in [-0.15, -0.1) is 0 Å². The van der Waals surface area contributed by atoms with Gasteiger partial charge in [0.1, 0.15) is 5.82 Å². The molecule has 0 aliphatic carbocycles. The predicted molar refractivity (Wildman–Crippen MR) is 127 cm³/mol. The van der Waals surface area contributed by atoms with E-state index in [1.165, 1.54) is 10.8 Å². The van der Waals surface area contributed by atoms with Crippen LogP contribution in [0.5, 0.6) is 0 Å². The van der Waals surface area contributed by atoms with Gasteiger partial charge in [-0.3, -0.25) is 4.79 Å². The second kappa shape index (κ2) is 14.7. The Morgan fingerprint density at radius 2 is 1.38 bits per heavy atom. The zero-order valence-electron chi connectivity index (χ0n) is 20.1. The molecule has 0 fully saturated rings. The van der Waals surface area contributed by atoms with Gasteiger partial charge in [-0.1, -0.05) is 49.2 Å². The van der Waals surface area contributed by atoms with Gasteiger partial charge in [0, 0.05) is 12.0 Å². The van der Waals surface area contributed by atoms with Crippen LogP contribution in [0.15, 0.2) is 48.7 Å². The topological polar surface area (TPSA) is 167 Å². The Morgan fingerprint density at radius 1 is 0.846 bits per heavy atom. The normalized spacial score (nSPS) is 12.0. The molecule has 3 rings (SSSR count). The number of imidazole rings is 1. The fraction of sp³-hybridized carbons (Fsp3) is 0.333. The number of nitrogens with one attached hydrogen (secondary N) is 1. The Balaban J connectivity index is 0.000000449. The number of aromatic amines is 1. The maximum absolute atomic E-state index is 10.6. The van der Waals surface area contributed by atoms with Gasteiger partial charge in [-0.25, -0.2) is 14.6 Å². The first-order valence-corrected chi connectivity index (χ1v) is 11.1. The first-order valence-electron chi connectivity index (χ1n) is 11.1. The van der Waals surface area contributed by atoms with Gasteiger partial charge in [0.15, 0.2) is 0 Å². The SMILES string of the molecule is N[C@@H](CCCCCC(=O)O)c1ncc(-c2ccc3ccccc3c2)[nH]1.O=C(O)C(F)(F)F.O=C(O)C(F)(F)F. The Bertz CT molecular complexity index is 1220. The molecule has 0 aliphatic rings. The van der Waals surface area contributed by atoms with Crippen molar-refractivity contribution in [2.75, 3.05) is 0 Å². The largest absolute Gasteiger partial charge is 0.490 e. The number of benzene rings is 2. The van der Waals surface area contributed by atoms with Crippen LogP contribution in [0.2, 0.25) is 0 Å². The van der Waals surface area contributed by atoms with E-state index < -0.39 is 30.3 Å². The molecule has 6 N–H and O–H groups in total. The average molecular weight is 565 g/mol. The Morgan fingerprint density at radius 3 is 1.90 bits per heavy atom. The number of carboxylic acids is 3. The average Bonchev–Trinajstić information content (AvgIpc) is 3.33. The molecule has 214 valence electrons. The fourth-order valence-corrected chi connectivity index (χ4v) is 2.98. The van der Waals surface area contributed by atoms with Gasteiger partial charge in [-0.05, 0) is 29.7 Å². The molecule has 2 aromatic carbocycles. The van der Waals surface area contributed by atoms with E-state index >= 15 is 0 Å². The molecule has 0 aliphatic heterocycles. The zero-order valence-corrected chi connectivity index (χ0v) is 20.1. The van der Waals surface area contributed by atoms with Crippen molar-refractivity contribution in [1.29, 1.82) is 0 Å². The number of carboxylic acid groups (broad SMARTS) is 3. The highest BCUT2D eigenvalue weighted by Gasteiger charge is 2.38. The summed E-state index contributed by atoms with van der Waals surface area (Å²) in [5.74, 6) is -5.48. The highest BCUT2D eigenvalue weighted by Crippen LogP contribution is 2.25. The molecule has 9 nitrogen and oxygen atoms in total. The summed E-state index contributed by atoms with van der Waals surface area (Å²) in [5, 5.41) is 25.3. The molecule has 15 heteroatoms. The van der Waals surface area contributed by atoms with Crippen molar-refractivity contribution in [3.63, 3.8) is 0 Å². The second-order valence-electron chi connectivity index (χ2n) is 7.95. The van der Waals surface area contributed by atoms with Crippen molar-refractivity contribution >= 4 is 28.7 Å². The number of halogens is 6. The van der Waals surface area contributed by atoms with E-state index in [4.69, 9.17) is 30.6 Å². The second-order valence-corrected chi connectivity index (χ2v) is 7.95. The molecule has 0 saturated carbocycles. The summed E-state index contributed by atoms with van der Waals surface area (Å²) in [6.45, 7) is 0. The van der Waals surface area contributed by atoms with Crippen LogP contribution < -0.4 is 5.73 Å². The van der Waals surface area contributed by atoms with Crippen molar-refractivity contribution in [1.82, 2.24) is 9.97 Å². The lowest BCUT2D eigenvalue weighted by molar-refractivity contribution is -0.193. The molecule has 0 amide bonds. The maximum atomic E-state index is 10.6. The molecular formula is C24H25F6N3O6. The number of unbranched alkanes of at least 4 members (excludes halogenated alkanes) is 2. The molecule has 0 spiro atoms. The third kappa shape index (κ3) is 12.3. The van der Waals surface area contributed by atoms with Gasteiger partial charge < -0.3 is 26.0 Å². The first kappa shape index (κ1) is 32.9. The summed E-state index contributed by atoms with van der Waals surface area (Å²) in [7, 11) is 0. The Labute approximate surface area is 217 Å². The third-order valence-electron chi connectivity index (χ3n) is 4.90. The Hall–Kier alpha value is -4.14. The van der Waals surface area contributed by atoms with E-state index in [9.17, 15) is 31.1 Å². The van der Waals surface area contributed by atoms with E-state index in [0.29, 0.717) is 6.42 Å². The zero-order chi connectivity index (χ0) is 29.8. The summed E-state index contributed by atoms with van der Waals surface area (Å²) in [4.78, 5) is 36.0. The van der Waals surface area contributed by atoms with Crippen molar-refractivity contribution in [3.8, 4) is 11.3 Å². The van der Waals surface area contributed by atoms with Gasteiger partial charge in [0.25, 0.3) is 0 Å². The van der Waals surface area contributed by atoms with E-state index in [1.54, 1.807) is 0 Å². The van der Waals surface area contributed by atoms with E-state index in [-0.39, 0.29) is 12.5 Å². The van der Waals surface area contributed by atoms with Crippen LogP contribution in [-0.2, 0) is 14.4 Å². The predicted octanol–water partition coefficient (Wildman–Crippen LogP) is 5.53. The van der Waals surface area contributed by atoms with Crippen LogP contribution in [0.4, 0.5) is 26.3 Å². The minimum Gasteiger partial charge on any atom is -0.481 e. The fourth-order valence-electron chi connectivity index (χ4n) is 2.98. The number of nitrogens with two attached hydrogens (primary N) is 1. The van der Waals surface area contributed by atoms with Crippen molar-refractivity contribution < 1.29 is 56.0 Å². The quantitative estimate of drug-likeness (QED) is 0.176. The monoisotopic (exact) mass is 565 g/mol. The van der Waals surface area contributed by atoms with Crippen LogP contribution in [0.1, 0.15) is 44.0 Å². The third-order valence-corrected chi connectivity index (χ3v) is 4.90. The lowest BCUT2D eigenvalue weighted by atomic mass is 10.1. The number of H-pyrrole nitrogens is 1. The molecule has 1 heterocycles. The molecule has 0 unspecified atom stereocenters. The van der Waals surface area contributed by atoms with Gasteiger partial charge in [0.05, 0.1) is 17.9 Å². The summed E-state index contributed by atoms with van der Waals surface area (Å²) >= 11 is 0. The van der Waals surface area contributed by atoms with Crippen molar-refractivity contribution in [2.45, 2.75) is 50.5 Å². The van der Waals surface area contributed by atoms with Crippen LogP contribution in [0.3, 0.4) is 0 Å². The number of nitrogens with zero attached hydrogens (tertiary/aromatic N) is 1. The summed E-state index contributed by atoms with van der Waals surface area (Å²) < 4.78 is 63.5. The van der Waals surface area contributed by atoms with Crippen LogP contribution in [0, 0.1) is 0 Å². The summed E-state index contributed by atoms with van der Waals surface area (Å²) in [6.07, 6.45) is -4.85. The summed E-state index contributed by atoms with van der Waals surface area (Å²) in [5.41, 5.74) is 8.26. The lowest BCUT2D eigenvalue weighted by Gasteiger charge is -2.08. The highest BCUT2D eigenvalue weighted by molar-refractivity contribution is 5.86. The molecule has 0 saturated heterocycles. The number of carbonyl (C=O) groups is 3. The van der Waals surface area contributed by atoms with Crippen LogP contribution >= 0.6 is 0 Å². The van der Waals surface area contributed by atoms with Crippen molar-refractivity contribution in [2.24, 2.45) is 5.73 Å². The van der Waals surface area contributed by atoms with E-state index in [2.05, 4.69) is 40.3 Å². The molecule has 1 aromatic heterocycles. The van der Waals surface area contributed by atoms with Crippen LogP contribution in [-0.4, -0.2) is 55.5 Å². The lowest BCUT2D eigenvalue weighted by Crippen LogP contribution is -2.21. The highest BCUT2D eigenvalue weighted by atomic mass is 19.4. The van der Waals surface area contributed by atoms with Crippen molar-refractivity contribution in [3.05, 3.63) is 54.5 Å². The number of aromatic nitrogens is 2. The van der Waals surface area contributed by atoms with Gasteiger partial charge in [-0.2, -0.15) is 26.3 Å². The van der Waals surface area contributed by atoms with Gasteiger partial charge in [0.2, 0.25) is 0 Å². The number of alkyl halides is 6. The smallest absolute Gasteiger partial charge is 0.481 e. The molecule has 1 atom stereocenters. The molecule has 3 aromatic rings. The summed E-state index contributed by atoms with van der Waals surface area (Å²) in [6, 6.07) is 14.4. The number of hydrogen-bond acceptors (Lipinski definition) is 5. The molecule has 39 heavy (non-hydrogen) atoms. The van der Waals surface area contributed by atoms with E-state index in [0.717, 1.165) is 36.3 Å². The Kier molecular flexibility index (Phi) is 12.4. The molecular weight excluding hydrogens is 540 g/mol. The first-order chi connectivity index (χ1) is 18.0. The number of fused-ring (bicyclic) bond motifs is 1. The number of rotatable bonds is 8.